The van der Waals surface area contributed by atoms with Gasteiger partial charge in [0.15, 0.2) is 0 Å². The molecule has 0 aliphatic carbocycles. The van der Waals surface area contributed by atoms with Crippen molar-refractivity contribution in [2.24, 2.45) is 0 Å². The van der Waals surface area contributed by atoms with Gasteiger partial charge in [0.2, 0.25) is 0 Å². The van der Waals surface area contributed by atoms with Crippen molar-refractivity contribution in [1.82, 2.24) is 15.5 Å². The van der Waals surface area contributed by atoms with Gasteiger partial charge in [-0.15, -0.1) is 0 Å². The van der Waals surface area contributed by atoms with E-state index >= 15 is 0 Å². The third kappa shape index (κ3) is 3.31. The van der Waals surface area contributed by atoms with Gasteiger partial charge in [-0.05, 0) is 43.5 Å². The highest BCUT2D eigenvalue weighted by Gasteiger charge is 2.48. The summed E-state index contributed by atoms with van der Waals surface area (Å²) in [6.07, 6.45) is 1.94. The minimum Gasteiger partial charge on any atom is -0.375 e. The van der Waals surface area contributed by atoms with Crippen LogP contribution in [0.4, 0.5) is 10.5 Å². The van der Waals surface area contributed by atoms with E-state index in [-0.39, 0.29) is 11.8 Å². The van der Waals surface area contributed by atoms with Crippen LogP contribution in [-0.4, -0.2) is 55.0 Å². The second-order valence-electron chi connectivity index (χ2n) is 6.75. The predicted molar refractivity (Wildman–Crippen MR) is 94.5 cm³/mol. The summed E-state index contributed by atoms with van der Waals surface area (Å²) in [7, 11) is 2.03. The molecule has 0 bridgehead atoms. The van der Waals surface area contributed by atoms with Crippen LogP contribution in [0.25, 0.3) is 0 Å². The Morgan fingerprint density at radius 1 is 1.20 bits per heavy atom. The molecule has 1 aromatic rings. The molecule has 7 nitrogen and oxygen atoms in total. The number of amides is 4. The van der Waals surface area contributed by atoms with Crippen LogP contribution in [-0.2, 0) is 4.79 Å². The number of carbonyl (C=O) groups excluding carboxylic acids is 3. The van der Waals surface area contributed by atoms with Crippen LogP contribution in [0.2, 0.25) is 0 Å². The summed E-state index contributed by atoms with van der Waals surface area (Å²) >= 11 is 0. The highest BCUT2D eigenvalue weighted by atomic mass is 16.2. The van der Waals surface area contributed by atoms with Gasteiger partial charge in [-0.25, -0.2) is 4.79 Å². The van der Waals surface area contributed by atoms with Crippen LogP contribution in [0, 0.1) is 0 Å². The van der Waals surface area contributed by atoms with Gasteiger partial charge in [-0.1, -0.05) is 6.92 Å². The Kier molecular flexibility index (Phi) is 4.65. The molecular weight excluding hydrogens is 320 g/mol. The highest BCUT2D eigenvalue weighted by molar-refractivity contribution is 6.07. The Balaban J connectivity index is 1.63. The van der Waals surface area contributed by atoms with Crippen molar-refractivity contribution in [1.29, 1.82) is 0 Å². The third-order valence-corrected chi connectivity index (χ3v) is 5.03. The van der Waals surface area contributed by atoms with Crippen LogP contribution >= 0.6 is 0 Å². The van der Waals surface area contributed by atoms with E-state index in [9.17, 15) is 14.4 Å². The van der Waals surface area contributed by atoms with Crippen LogP contribution in [0.3, 0.4) is 0 Å². The Morgan fingerprint density at radius 2 is 1.84 bits per heavy atom. The number of imide groups is 1. The lowest BCUT2D eigenvalue weighted by Crippen LogP contribution is -2.55. The number of piperidine rings is 1. The molecule has 1 aromatic carbocycles. The van der Waals surface area contributed by atoms with Crippen LogP contribution in [0.5, 0.6) is 0 Å². The number of nitrogens with one attached hydrogen (secondary N) is 2. The van der Waals surface area contributed by atoms with Gasteiger partial charge in [-0.2, -0.15) is 0 Å². The van der Waals surface area contributed by atoms with Gasteiger partial charge >= 0.3 is 6.03 Å². The maximum Gasteiger partial charge on any atom is 0.322 e. The molecule has 2 heterocycles. The molecule has 0 radical (unpaired) electrons. The number of anilines is 1. The van der Waals surface area contributed by atoms with Gasteiger partial charge in [0.05, 0.1) is 0 Å². The summed E-state index contributed by atoms with van der Waals surface area (Å²) in [5.41, 5.74) is 0.881. The first-order valence-electron chi connectivity index (χ1n) is 8.69. The zero-order valence-electron chi connectivity index (χ0n) is 14.7. The standard InChI is InChI=1S/C18H24N4O3/c1-3-10-21(2)14-6-4-13(5-7-14)15(23)22-11-8-18(9-12-22)16(24)19-17(25)20-18/h4-7H,3,8-12H2,1-2H3,(H2,19,20,24,25). The van der Waals surface area contributed by atoms with Crippen molar-refractivity contribution in [3.63, 3.8) is 0 Å². The van der Waals surface area contributed by atoms with Gasteiger partial charge in [0.1, 0.15) is 5.54 Å². The lowest BCUT2D eigenvalue weighted by Gasteiger charge is -2.37. The Bertz CT molecular complexity index is 678. The second-order valence-corrected chi connectivity index (χ2v) is 6.75. The number of urea groups is 1. The normalized spacial score (nSPS) is 18.9. The van der Waals surface area contributed by atoms with Gasteiger partial charge < -0.3 is 15.1 Å². The lowest BCUT2D eigenvalue weighted by atomic mass is 9.87. The SMILES string of the molecule is CCCN(C)c1ccc(C(=O)N2CCC3(CC2)NC(=O)NC3=O)cc1. The lowest BCUT2D eigenvalue weighted by molar-refractivity contribution is -0.125. The van der Waals surface area contributed by atoms with E-state index in [2.05, 4.69) is 22.5 Å². The fourth-order valence-electron chi connectivity index (χ4n) is 3.48. The molecule has 4 amide bonds. The maximum atomic E-state index is 12.7. The van der Waals surface area contributed by atoms with E-state index in [4.69, 9.17) is 0 Å². The first kappa shape index (κ1) is 17.3. The minimum absolute atomic E-state index is 0.0377. The van der Waals surface area contributed by atoms with Crippen molar-refractivity contribution in [2.75, 3.05) is 31.6 Å². The smallest absolute Gasteiger partial charge is 0.322 e. The van der Waals surface area contributed by atoms with Crippen molar-refractivity contribution in [3.05, 3.63) is 29.8 Å². The number of rotatable bonds is 4. The zero-order valence-corrected chi connectivity index (χ0v) is 14.7. The van der Waals surface area contributed by atoms with E-state index in [1.54, 1.807) is 4.90 Å². The average Bonchev–Trinajstić information content (AvgIpc) is 2.88. The Morgan fingerprint density at radius 3 is 2.36 bits per heavy atom. The molecule has 2 fully saturated rings. The fraction of sp³-hybridized carbons (Fsp3) is 0.500. The highest BCUT2D eigenvalue weighted by Crippen LogP contribution is 2.26. The number of nitrogens with zero attached hydrogens (tertiary/aromatic N) is 2. The number of hydrogen-bond acceptors (Lipinski definition) is 4. The molecular formula is C18H24N4O3. The molecule has 0 unspecified atom stereocenters. The monoisotopic (exact) mass is 344 g/mol. The number of benzene rings is 1. The first-order chi connectivity index (χ1) is 11.9. The first-order valence-corrected chi connectivity index (χ1v) is 8.69. The van der Waals surface area contributed by atoms with Crippen molar-refractivity contribution in [3.8, 4) is 0 Å². The molecule has 0 saturated carbocycles. The third-order valence-electron chi connectivity index (χ3n) is 5.03. The zero-order chi connectivity index (χ0) is 18.0. The minimum atomic E-state index is -0.847. The van der Waals surface area contributed by atoms with Gasteiger partial charge in [-0.3, -0.25) is 14.9 Å². The summed E-state index contributed by atoms with van der Waals surface area (Å²) in [6, 6.07) is 7.16. The summed E-state index contributed by atoms with van der Waals surface area (Å²) in [4.78, 5) is 39.9. The molecule has 7 heteroatoms. The fourth-order valence-corrected chi connectivity index (χ4v) is 3.48. The summed E-state index contributed by atoms with van der Waals surface area (Å²) in [5.74, 6) is -0.322. The van der Waals surface area contributed by atoms with E-state index < -0.39 is 11.6 Å². The van der Waals surface area contributed by atoms with Crippen LogP contribution < -0.4 is 15.5 Å². The molecule has 2 aliphatic heterocycles. The van der Waals surface area contributed by atoms with Crippen molar-refractivity contribution >= 4 is 23.5 Å². The number of likely N-dealkylation sites (tertiary alicyclic amines) is 1. The molecule has 2 N–H and O–H groups in total. The van der Waals surface area contributed by atoms with Gasteiger partial charge in [0.25, 0.3) is 11.8 Å². The molecule has 3 rings (SSSR count). The summed E-state index contributed by atoms with van der Waals surface area (Å²) in [6.45, 7) is 3.99. The van der Waals surface area contributed by atoms with Crippen LogP contribution in [0.15, 0.2) is 24.3 Å². The van der Waals surface area contributed by atoms with Crippen molar-refractivity contribution in [2.45, 2.75) is 31.7 Å². The molecule has 0 aromatic heterocycles. The second kappa shape index (κ2) is 6.74. The van der Waals surface area contributed by atoms with Crippen LogP contribution in [0.1, 0.15) is 36.5 Å². The van der Waals surface area contributed by atoms with E-state index in [0.717, 1.165) is 18.7 Å². The van der Waals surface area contributed by atoms with E-state index in [1.165, 1.54) is 0 Å². The molecule has 134 valence electrons. The summed E-state index contributed by atoms with van der Waals surface area (Å²) < 4.78 is 0. The topological polar surface area (TPSA) is 81.8 Å². The Hall–Kier alpha value is -2.57. The predicted octanol–water partition coefficient (Wildman–Crippen LogP) is 1.35. The Labute approximate surface area is 147 Å². The van der Waals surface area contributed by atoms with Crippen molar-refractivity contribution < 1.29 is 14.4 Å². The summed E-state index contributed by atoms with van der Waals surface area (Å²) in [5, 5.41) is 4.99. The average molecular weight is 344 g/mol. The number of hydrogen-bond donors (Lipinski definition) is 2. The molecule has 25 heavy (non-hydrogen) atoms. The van der Waals surface area contributed by atoms with E-state index in [0.29, 0.717) is 31.5 Å². The van der Waals surface area contributed by atoms with E-state index in [1.807, 2.05) is 31.3 Å². The van der Waals surface area contributed by atoms with Gasteiger partial charge in [0, 0.05) is 37.9 Å². The molecule has 2 aliphatic rings. The number of carbonyl (C=O) groups is 3. The largest absolute Gasteiger partial charge is 0.375 e. The maximum absolute atomic E-state index is 12.7. The molecule has 0 atom stereocenters. The molecule has 1 spiro atoms. The molecule has 2 saturated heterocycles. The quantitative estimate of drug-likeness (QED) is 0.808.